The Morgan fingerprint density at radius 3 is 2.41 bits per heavy atom. The Labute approximate surface area is 204 Å². The molecule has 2 amide bonds. The third-order valence-corrected chi connectivity index (χ3v) is 8.46. The van der Waals surface area contributed by atoms with Crippen molar-refractivity contribution in [3.8, 4) is 5.75 Å². The zero-order chi connectivity index (χ0) is 23.5. The predicted octanol–water partition coefficient (Wildman–Crippen LogP) is 4.81. The molecular weight excluding hydrogens is 451 g/mol. The molecule has 4 aliphatic carbocycles. The predicted molar refractivity (Wildman–Crippen MR) is 130 cm³/mol. The summed E-state index contributed by atoms with van der Waals surface area (Å²) in [5.41, 5.74) is 0.547. The van der Waals surface area contributed by atoms with Crippen molar-refractivity contribution in [2.24, 2.45) is 17.8 Å². The summed E-state index contributed by atoms with van der Waals surface area (Å²) < 4.78 is 18.7. The lowest BCUT2D eigenvalue weighted by molar-refractivity contribution is -0.124. The van der Waals surface area contributed by atoms with Crippen LogP contribution in [-0.2, 0) is 4.79 Å². The molecule has 0 aliphatic heterocycles. The van der Waals surface area contributed by atoms with Crippen LogP contribution in [0, 0.1) is 23.6 Å². The van der Waals surface area contributed by atoms with Crippen molar-refractivity contribution in [3.05, 3.63) is 59.9 Å². The zero-order valence-corrected chi connectivity index (χ0v) is 20.0. The first-order chi connectivity index (χ1) is 16.5. The Hall–Kier alpha value is -2.54. The second-order valence-electron chi connectivity index (χ2n) is 10.1. The molecule has 2 aromatic rings. The minimum absolute atomic E-state index is 0.00492. The summed E-state index contributed by atoms with van der Waals surface area (Å²) in [6.45, 7) is 0.527. The lowest BCUT2D eigenvalue weighted by atomic mass is 9.53. The average molecular weight is 483 g/mol. The van der Waals surface area contributed by atoms with Gasteiger partial charge in [-0.05, 0) is 80.5 Å². The molecule has 2 aromatic carbocycles. The highest BCUT2D eigenvalue weighted by atomic mass is 32.2. The van der Waals surface area contributed by atoms with E-state index in [1.54, 1.807) is 18.2 Å². The fourth-order valence-electron chi connectivity index (χ4n) is 6.50. The third kappa shape index (κ3) is 5.40. The molecule has 0 aromatic heterocycles. The molecule has 4 aliphatic rings. The fraction of sp³-hybridized carbons (Fsp3) is 0.481. The Morgan fingerprint density at radius 2 is 1.71 bits per heavy atom. The molecule has 2 N–H and O–H groups in total. The topological polar surface area (TPSA) is 67.4 Å². The van der Waals surface area contributed by atoms with E-state index in [4.69, 9.17) is 4.74 Å². The van der Waals surface area contributed by atoms with Crippen LogP contribution in [0.4, 0.5) is 4.39 Å². The molecule has 4 bridgehead atoms. The molecule has 0 atom stereocenters. The van der Waals surface area contributed by atoms with Gasteiger partial charge in [0, 0.05) is 16.5 Å². The summed E-state index contributed by atoms with van der Waals surface area (Å²) >= 11 is 1.40. The van der Waals surface area contributed by atoms with Crippen molar-refractivity contribution in [2.45, 2.75) is 49.0 Å². The maximum absolute atomic E-state index is 13.2. The number of rotatable bonds is 9. The molecule has 180 valence electrons. The molecule has 4 fully saturated rings. The monoisotopic (exact) mass is 482 g/mol. The maximum Gasteiger partial charge on any atom is 0.252 e. The normalized spacial score (nSPS) is 26.8. The van der Waals surface area contributed by atoms with Gasteiger partial charge >= 0.3 is 0 Å². The van der Waals surface area contributed by atoms with Crippen LogP contribution >= 0.6 is 11.8 Å². The van der Waals surface area contributed by atoms with Gasteiger partial charge < -0.3 is 15.4 Å². The van der Waals surface area contributed by atoms with E-state index < -0.39 is 0 Å². The first-order valence-electron chi connectivity index (χ1n) is 12.2. The Bertz CT molecular complexity index is 1020. The first kappa shape index (κ1) is 23.2. The molecule has 4 saturated carbocycles. The van der Waals surface area contributed by atoms with Gasteiger partial charge in [-0.2, -0.15) is 0 Å². The Balaban J connectivity index is 1.11. The summed E-state index contributed by atoms with van der Waals surface area (Å²) in [4.78, 5) is 26.4. The van der Waals surface area contributed by atoms with Gasteiger partial charge in [0.25, 0.3) is 5.91 Å². The highest BCUT2D eigenvalue weighted by Crippen LogP contribution is 2.55. The molecule has 0 saturated heterocycles. The number of halogens is 1. The highest BCUT2D eigenvalue weighted by Gasteiger charge is 2.51. The van der Waals surface area contributed by atoms with Gasteiger partial charge in [0.2, 0.25) is 5.91 Å². The number of carbonyl (C=O) groups excluding carboxylic acids is 2. The van der Waals surface area contributed by atoms with Crippen molar-refractivity contribution in [2.75, 3.05) is 18.9 Å². The molecule has 0 unspecified atom stereocenters. The van der Waals surface area contributed by atoms with Crippen LogP contribution < -0.4 is 15.4 Å². The van der Waals surface area contributed by atoms with Crippen molar-refractivity contribution in [1.82, 2.24) is 10.6 Å². The van der Waals surface area contributed by atoms with E-state index in [1.165, 1.54) is 43.2 Å². The van der Waals surface area contributed by atoms with Crippen LogP contribution in [0.2, 0.25) is 0 Å². The summed E-state index contributed by atoms with van der Waals surface area (Å²) in [5.74, 6) is 2.57. The minimum atomic E-state index is -0.361. The highest BCUT2D eigenvalue weighted by molar-refractivity contribution is 8.00. The van der Waals surface area contributed by atoms with Crippen molar-refractivity contribution in [1.29, 1.82) is 0 Å². The number of amides is 2. The van der Waals surface area contributed by atoms with Gasteiger partial charge in [-0.1, -0.05) is 18.2 Å². The Morgan fingerprint density at radius 1 is 1.00 bits per heavy atom. The SMILES string of the molecule is O=C(CSc1ccccc1C(=O)NCCOc1cccc(F)c1)NC12CC3CC(CC(C3)C1)C2. The van der Waals surface area contributed by atoms with Crippen LogP contribution in [0.3, 0.4) is 0 Å². The van der Waals surface area contributed by atoms with Gasteiger partial charge in [-0.15, -0.1) is 11.8 Å². The molecule has 7 heteroatoms. The van der Waals surface area contributed by atoms with E-state index in [0.29, 0.717) is 23.6 Å². The smallest absolute Gasteiger partial charge is 0.252 e. The van der Waals surface area contributed by atoms with Gasteiger partial charge in [0.05, 0.1) is 17.9 Å². The number of thioether (sulfide) groups is 1. The van der Waals surface area contributed by atoms with E-state index in [0.717, 1.165) is 41.9 Å². The van der Waals surface area contributed by atoms with Crippen LogP contribution in [-0.4, -0.2) is 36.3 Å². The zero-order valence-electron chi connectivity index (χ0n) is 19.2. The molecule has 0 radical (unpaired) electrons. The van der Waals surface area contributed by atoms with Gasteiger partial charge in [-0.3, -0.25) is 9.59 Å². The number of carbonyl (C=O) groups is 2. The van der Waals surface area contributed by atoms with Crippen molar-refractivity contribution < 1.29 is 18.7 Å². The number of hydrogen-bond acceptors (Lipinski definition) is 4. The number of hydrogen-bond donors (Lipinski definition) is 2. The lowest BCUT2D eigenvalue weighted by Gasteiger charge is -2.56. The molecule has 5 nitrogen and oxygen atoms in total. The number of ether oxygens (including phenoxy) is 1. The van der Waals surface area contributed by atoms with E-state index in [9.17, 15) is 14.0 Å². The minimum Gasteiger partial charge on any atom is -0.492 e. The second kappa shape index (κ2) is 9.98. The summed E-state index contributed by atoms with van der Waals surface area (Å²) in [6.07, 6.45) is 7.43. The van der Waals surface area contributed by atoms with E-state index in [-0.39, 0.29) is 29.8 Å². The van der Waals surface area contributed by atoms with E-state index >= 15 is 0 Å². The largest absolute Gasteiger partial charge is 0.492 e. The van der Waals surface area contributed by atoms with Crippen LogP contribution in [0.15, 0.2) is 53.4 Å². The third-order valence-electron chi connectivity index (χ3n) is 7.39. The van der Waals surface area contributed by atoms with Crippen LogP contribution in [0.25, 0.3) is 0 Å². The summed E-state index contributed by atoms with van der Waals surface area (Å²) in [7, 11) is 0. The first-order valence-corrected chi connectivity index (χ1v) is 13.2. The van der Waals surface area contributed by atoms with Crippen LogP contribution in [0.5, 0.6) is 5.75 Å². The molecule has 6 rings (SSSR count). The van der Waals surface area contributed by atoms with Crippen LogP contribution in [0.1, 0.15) is 48.9 Å². The van der Waals surface area contributed by atoms with Gasteiger partial charge in [-0.25, -0.2) is 4.39 Å². The fourth-order valence-corrected chi connectivity index (χ4v) is 7.35. The molecular formula is C27H31FN2O3S. The van der Waals surface area contributed by atoms with Crippen molar-refractivity contribution >= 4 is 23.6 Å². The summed E-state index contributed by atoms with van der Waals surface area (Å²) in [6, 6.07) is 13.3. The standard InChI is InChI=1S/C27H31FN2O3S/c28-21-4-3-5-22(13-21)33-9-8-29-26(32)23-6-1-2-7-24(23)34-17-25(31)30-27-14-18-10-19(15-27)12-20(11-18)16-27/h1-7,13,18-20H,8-12,14-17H2,(H,29,32)(H,30,31). The molecule has 0 spiro atoms. The van der Waals surface area contributed by atoms with E-state index in [1.807, 2.05) is 18.2 Å². The average Bonchev–Trinajstić information content (AvgIpc) is 2.79. The quantitative estimate of drug-likeness (QED) is 0.398. The number of nitrogens with one attached hydrogen (secondary N) is 2. The van der Waals surface area contributed by atoms with Gasteiger partial charge in [0.15, 0.2) is 0 Å². The van der Waals surface area contributed by atoms with Gasteiger partial charge in [0.1, 0.15) is 18.2 Å². The molecule has 0 heterocycles. The maximum atomic E-state index is 13.2. The van der Waals surface area contributed by atoms with E-state index in [2.05, 4.69) is 10.6 Å². The van der Waals surface area contributed by atoms with Crippen molar-refractivity contribution in [3.63, 3.8) is 0 Å². The lowest BCUT2D eigenvalue weighted by Crippen LogP contribution is -2.60. The number of benzene rings is 2. The second-order valence-corrected chi connectivity index (χ2v) is 11.1. The summed E-state index contributed by atoms with van der Waals surface area (Å²) in [5, 5.41) is 6.24. The Kier molecular flexibility index (Phi) is 6.82. The molecule has 34 heavy (non-hydrogen) atoms.